The van der Waals surface area contributed by atoms with Crippen LogP contribution in [0.5, 0.6) is 0 Å². The molecule has 0 unspecified atom stereocenters. The predicted molar refractivity (Wildman–Crippen MR) is 94.0 cm³/mol. The van der Waals surface area contributed by atoms with Crippen molar-refractivity contribution in [3.8, 4) is 0 Å². The molecule has 1 aromatic rings. The number of hydrogen-bond donors (Lipinski definition) is 2. The maximum absolute atomic E-state index is 12.4. The third kappa shape index (κ3) is 5.05. The van der Waals surface area contributed by atoms with Crippen LogP contribution in [-0.4, -0.2) is 41.9 Å². The van der Waals surface area contributed by atoms with E-state index in [1.807, 2.05) is 6.07 Å². The van der Waals surface area contributed by atoms with Crippen LogP contribution in [0.15, 0.2) is 24.3 Å². The molecular weight excluding hydrogens is 320 g/mol. The van der Waals surface area contributed by atoms with Gasteiger partial charge in [-0.15, -0.1) is 0 Å². The largest absolute Gasteiger partial charge is 0.481 e. The van der Waals surface area contributed by atoms with Gasteiger partial charge in [0, 0.05) is 26.2 Å². The third-order valence-electron chi connectivity index (χ3n) is 4.72. The van der Waals surface area contributed by atoms with Crippen molar-refractivity contribution < 1.29 is 19.5 Å². The minimum Gasteiger partial charge on any atom is -0.481 e. The Kier molecular flexibility index (Phi) is 6.56. The summed E-state index contributed by atoms with van der Waals surface area (Å²) in [5.74, 6) is -2.69. The molecule has 0 aromatic heterocycles. The van der Waals surface area contributed by atoms with Crippen molar-refractivity contribution in [3.05, 3.63) is 35.4 Å². The lowest BCUT2D eigenvalue weighted by Gasteiger charge is -2.26. The van der Waals surface area contributed by atoms with Gasteiger partial charge in [0.25, 0.3) is 5.91 Å². The molecule has 2 amide bonds. The number of rotatable bonds is 6. The highest BCUT2D eigenvalue weighted by molar-refractivity contribution is 5.97. The highest BCUT2D eigenvalue weighted by Crippen LogP contribution is 2.30. The van der Waals surface area contributed by atoms with Crippen molar-refractivity contribution in [2.24, 2.45) is 11.8 Å². The van der Waals surface area contributed by atoms with Gasteiger partial charge in [-0.25, -0.2) is 0 Å². The number of benzene rings is 1. The molecule has 1 aromatic carbocycles. The van der Waals surface area contributed by atoms with Crippen LogP contribution in [-0.2, 0) is 16.1 Å². The van der Waals surface area contributed by atoms with E-state index in [1.54, 1.807) is 32.3 Å². The summed E-state index contributed by atoms with van der Waals surface area (Å²) in [6, 6.07) is 7.01. The molecule has 0 heterocycles. The summed E-state index contributed by atoms with van der Waals surface area (Å²) in [5, 5.41) is 12.2. The van der Waals surface area contributed by atoms with Gasteiger partial charge in [0.05, 0.1) is 0 Å². The minimum absolute atomic E-state index is 0.0899. The SMILES string of the molecule is CN(C)C(=O)c1cccc(CNC(=O)[C@H](C(=O)O)C2CCCCC2)c1. The van der Waals surface area contributed by atoms with Crippen LogP contribution in [0.1, 0.15) is 48.0 Å². The zero-order valence-electron chi connectivity index (χ0n) is 14.8. The Balaban J connectivity index is 2.01. The Hall–Kier alpha value is -2.37. The average molecular weight is 346 g/mol. The fourth-order valence-electron chi connectivity index (χ4n) is 3.37. The first-order valence-electron chi connectivity index (χ1n) is 8.71. The Morgan fingerprint density at radius 1 is 1.20 bits per heavy atom. The summed E-state index contributed by atoms with van der Waals surface area (Å²) in [5.41, 5.74) is 1.31. The number of carbonyl (C=O) groups excluding carboxylic acids is 2. The van der Waals surface area contributed by atoms with Gasteiger partial charge in [-0.2, -0.15) is 0 Å². The number of hydrogen-bond acceptors (Lipinski definition) is 3. The second kappa shape index (κ2) is 8.65. The van der Waals surface area contributed by atoms with Gasteiger partial charge in [0.2, 0.25) is 5.91 Å². The number of carbonyl (C=O) groups is 3. The van der Waals surface area contributed by atoms with E-state index < -0.39 is 17.8 Å². The van der Waals surface area contributed by atoms with Gasteiger partial charge >= 0.3 is 5.97 Å². The van der Waals surface area contributed by atoms with E-state index in [0.717, 1.165) is 37.7 Å². The van der Waals surface area contributed by atoms with E-state index in [-0.39, 0.29) is 18.4 Å². The van der Waals surface area contributed by atoms with Gasteiger partial charge in [0.15, 0.2) is 0 Å². The number of carboxylic acids is 1. The van der Waals surface area contributed by atoms with Gasteiger partial charge in [0.1, 0.15) is 5.92 Å². The van der Waals surface area contributed by atoms with Crippen molar-refractivity contribution in [1.29, 1.82) is 0 Å². The lowest BCUT2D eigenvalue weighted by atomic mass is 9.79. The molecule has 0 aliphatic heterocycles. The summed E-state index contributed by atoms with van der Waals surface area (Å²) < 4.78 is 0. The van der Waals surface area contributed by atoms with Crippen molar-refractivity contribution in [3.63, 3.8) is 0 Å². The Labute approximate surface area is 148 Å². The normalized spacial score (nSPS) is 16.1. The van der Waals surface area contributed by atoms with E-state index >= 15 is 0 Å². The third-order valence-corrected chi connectivity index (χ3v) is 4.72. The molecule has 6 heteroatoms. The molecule has 0 radical (unpaired) electrons. The predicted octanol–water partition coefficient (Wildman–Crippen LogP) is 2.29. The topological polar surface area (TPSA) is 86.7 Å². The summed E-state index contributed by atoms with van der Waals surface area (Å²) in [7, 11) is 3.36. The average Bonchev–Trinajstić information content (AvgIpc) is 2.60. The number of carboxylic acid groups (broad SMARTS) is 1. The smallest absolute Gasteiger partial charge is 0.316 e. The van der Waals surface area contributed by atoms with E-state index in [0.29, 0.717) is 5.56 Å². The highest BCUT2D eigenvalue weighted by atomic mass is 16.4. The lowest BCUT2D eigenvalue weighted by molar-refractivity contribution is -0.150. The maximum Gasteiger partial charge on any atom is 0.316 e. The molecule has 1 aliphatic carbocycles. The molecule has 1 fully saturated rings. The molecule has 1 saturated carbocycles. The molecule has 2 N–H and O–H groups in total. The van der Waals surface area contributed by atoms with Crippen molar-refractivity contribution in [2.75, 3.05) is 14.1 Å². The fraction of sp³-hybridized carbons (Fsp3) is 0.526. The summed E-state index contributed by atoms with van der Waals surface area (Å²) >= 11 is 0. The first-order chi connectivity index (χ1) is 11.9. The van der Waals surface area contributed by atoms with E-state index in [2.05, 4.69) is 5.32 Å². The van der Waals surface area contributed by atoms with Crippen LogP contribution in [0.4, 0.5) is 0 Å². The monoisotopic (exact) mass is 346 g/mol. The Bertz CT molecular complexity index is 636. The Morgan fingerprint density at radius 2 is 1.88 bits per heavy atom. The van der Waals surface area contributed by atoms with Crippen LogP contribution in [0.2, 0.25) is 0 Å². The summed E-state index contributed by atoms with van der Waals surface area (Å²) in [6.45, 7) is 0.212. The highest BCUT2D eigenvalue weighted by Gasteiger charge is 2.35. The van der Waals surface area contributed by atoms with Crippen LogP contribution in [0, 0.1) is 11.8 Å². The lowest BCUT2D eigenvalue weighted by Crippen LogP contribution is -2.40. The van der Waals surface area contributed by atoms with Crippen LogP contribution in [0.3, 0.4) is 0 Å². The summed E-state index contributed by atoms with van der Waals surface area (Å²) in [4.78, 5) is 37.5. The molecule has 2 rings (SSSR count). The molecule has 6 nitrogen and oxygen atoms in total. The molecule has 0 spiro atoms. The van der Waals surface area contributed by atoms with Gasteiger partial charge < -0.3 is 15.3 Å². The van der Waals surface area contributed by atoms with Crippen molar-refractivity contribution in [1.82, 2.24) is 10.2 Å². The first-order valence-corrected chi connectivity index (χ1v) is 8.71. The quantitative estimate of drug-likeness (QED) is 0.774. The van der Waals surface area contributed by atoms with Crippen LogP contribution in [0.25, 0.3) is 0 Å². The van der Waals surface area contributed by atoms with Gasteiger partial charge in [-0.05, 0) is 36.5 Å². The molecule has 136 valence electrons. The van der Waals surface area contributed by atoms with Crippen LogP contribution < -0.4 is 5.32 Å². The van der Waals surface area contributed by atoms with Gasteiger partial charge in [-0.1, -0.05) is 31.4 Å². The second-order valence-corrected chi connectivity index (χ2v) is 6.83. The first kappa shape index (κ1) is 19.0. The maximum atomic E-state index is 12.4. The number of aliphatic carboxylic acids is 1. The summed E-state index contributed by atoms with van der Waals surface area (Å²) in [6.07, 6.45) is 4.65. The van der Waals surface area contributed by atoms with Crippen LogP contribution >= 0.6 is 0 Å². The van der Waals surface area contributed by atoms with E-state index in [4.69, 9.17) is 0 Å². The zero-order valence-corrected chi connectivity index (χ0v) is 14.8. The zero-order chi connectivity index (χ0) is 18.4. The number of amides is 2. The minimum atomic E-state index is -1.05. The molecule has 0 saturated heterocycles. The second-order valence-electron chi connectivity index (χ2n) is 6.83. The fourth-order valence-corrected chi connectivity index (χ4v) is 3.37. The van der Waals surface area contributed by atoms with Crippen molar-refractivity contribution >= 4 is 17.8 Å². The number of nitrogens with one attached hydrogen (secondary N) is 1. The molecule has 1 atom stereocenters. The van der Waals surface area contributed by atoms with Crippen molar-refractivity contribution in [2.45, 2.75) is 38.6 Å². The number of nitrogens with zero attached hydrogens (tertiary/aromatic N) is 1. The molecule has 25 heavy (non-hydrogen) atoms. The van der Waals surface area contributed by atoms with E-state index in [9.17, 15) is 19.5 Å². The molecule has 0 bridgehead atoms. The van der Waals surface area contributed by atoms with E-state index in [1.165, 1.54) is 4.90 Å². The molecule has 1 aliphatic rings. The molecular formula is C19H26N2O4. The Morgan fingerprint density at radius 3 is 2.48 bits per heavy atom. The van der Waals surface area contributed by atoms with Gasteiger partial charge in [-0.3, -0.25) is 14.4 Å². The standard InChI is InChI=1S/C19H26N2O4/c1-21(2)18(23)15-10-6-7-13(11-15)12-20-17(22)16(19(24)25)14-8-4-3-5-9-14/h6-7,10-11,14,16H,3-5,8-9,12H2,1-2H3,(H,20,22)(H,24,25)/t16-/m1/s1.